The highest BCUT2D eigenvalue weighted by Crippen LogP contribution is 2.28. The van der Waals surface area contributed by atoms with Gasteiger partial charge in [0.15, 0.2) is 11.7 Å². The summed E-state index contributed by atoms with van der Waals surface area (Å²) in [5.74, 6) is 0.0374. The molecule has 1 atom stereocenters. The number of rotatable bonds is 11. The zero-order valence-corrected chi connectivity index (χ0v) is 19.2. The molecule has 1 saturated heterocycles. The molecule has 1 aromatic carbocycles. The molecule has 1 aliphatic rings. The van der Waals surface area contributed by atoms with E-state index in [-0.39, 0.29) is 18.9 Å². The molecule has 0 bridgehead atoms. The largest absolute Gasteiger partial charge is 0.472 e. The van der Waals surface area contributed by atoms with Crippen molar-refractivity contribution in [3.05, 3.63) is 58.1 Å². The van der Waals surface area contributed by atoms with E-state index in [4.69, 9.17) is 21.1 Å². The quantitative estimate of drug-likeness (QED) is 0.392. The Kier molecular flexibility index (Phi) is 8.26. The van der Waals surface area contributed by atoms with Crippen LogP contribution in [-0.4, -0.2) is 62.0 Å². The third-order valence-corrected chi connectivity index (χ3v) is 5.84. The predicted molar refractivity (Wildman–Crippen MR) is 124 cm³/mol. The Hall–Kier alpha value is -2.88. The normalized spacial score (nSPS) is 15.4. The zero-order valence-electron chi connectivity index (χ0n) is 17.6. The monoisotopic (exact) mass is 477 g/mol. The molecule has 3 rings (SSSR count). The Balaban J connectivity index is 1.52. The summed E-state index contributed by atoms with van der Waals surface area (Å²) in [5, 5.41) is 3.22. The maximum Gasteiger partial charge on any atom is 0.270 e. The molecule has 1 N–H and O–H groups in total. The number of carbonyl (C=O) groups is 3. The number of halogens is 1. The van der Waals surface area contributed by atoms with Crippen LogP contribution in [0.4, 0.5) is 11.4 Å². The lowest BCUT2D eigenvalue weighted by Crippen LogP contribution is -2.38. The van der Waals surface area contributed by atoms with Crippen molar-refractivity contribution < 1.29 is 23.9 Å². The Morgan fingerprint density at radius 1 is 1.34 bits per heavy atom. The number of amides is 2. The van der Waals surface area contributed by atoms with Gasteiger partial charge in [-0.05, 0) is 49.9 Å². The molecule has 8 nitrogen and oxygen atoms in total. The van der Waals surface area contributed by atoms with Crippen molar-refractivity contribution in [3.8, 4) is 0 Å². The molecule has 2 heterocycles. The summed E-state index contributed by atoms with van der Waals surface area (Å²) in [4.78, 5) is 38.3. The fourth-order valence-corrected chi connectivity index (χ4v) is 4.15. The fraction of sp³-hybridized carbons (Fsp3) is 0.318. The molecular formula is C22H24ClN3O5S. The van der Waals surface area contributed by atoms with E-state index in [1.54, 1.807) is 12.1 Å². The van der Waals surface area contributed by atoms with Crippen molar-refractivity contribution in [1.29, 1.82) is 0 Å². The maximum absolute atomic E-state index is 12.5. The summed E-state index contributed by atoms with van der Waals surface area (Å²) < 4.78 is 11.5. The summed E-state index contributed by atoms with van der Waals surface area (Å²) in [6.07, 6.45) is 0.106. The highest BCUT2D eigenvalue weighted by Gasteiger charge is 2.31. The van der Waals surface area contributed by atoms with Crippen molar-refractivity contribution >= 4 is 52.4 Å². The van der Waals surface area contributed by atoms with E-state index in [0.717, 1.165) is 27.6 Å². The number of thiophene rings is 1. The third-order valence-electron chi connectivity index (χ3n) is 4.62. The van der Waals surface area contributed by atoms with Crippen LogP contribution in [0.5, 0.6) is 0 Å². The predicted octanol–water partition coefficient (Wildman–Crippen LogP) is 3.39. The first-order chi connectivity index (χ1) is 15.4. The zero-order chi connectivity index (χ0) is 23.1. The van der Waals surface area contributed by atoms with E-state index in [2.05, 4.69) is 11.9 Å². The lowest BCUT2D eigenvalue weighted by Gasteiger charge is -2.18. The molecule has 0 unspecified atom stereocenters. The van der Waals surface area contributed by atoms with Crippen LogP contribution in [0.1, 0.15) is 16.6 Å². The molecule has 2 amide bonds. The minimum Gasteiger partial charge on any atom is -0.472 e. The molecule has 1 aromatic heterocycles. The summed E-state index contributed by atoms with van der Waals surface area (Å²) in [7, 11) is 0. The van der Waals surface area contributed by atoms with E-state index in [1.165, 1.54) is 6.92 Å². The van der Waals surface area contributed by atoms with E-state index in [1.807, 2.05) is 29.2 Å². The molecule has 2 aromatic rings. The summed E-state index contributed by atoms with van der Waals surface area (Å²) in [6.45, 7) is 7.12. The SMILES string of the molecule is C=C1O[C@@H](CN(C=O)C(=O)c2ccc(Cl)s2)CN1c1ccc(NCCOCC(C)=O)cc1. The molecule has 1 fully saturated rings. The number of Topliss-reactive ketones (excluding diaryl/α,β-unsaturated/α-hetero) is 1. The number of ether oxygens (including phenoxy) is 2. The molecule has 0 radical (unpaired) electrons. The van der Waals surface area contributed by atoms with Gasteiger partial charge in [0.1, 0.15) is 12.7 Å². The van der Waals surface area contributed by atoms with Crippen LogP contribution in [0.15, 0.2) is 48.9 Å². The lowest BCUT2D eigenvalue weighted by molar-refractivity contribution is -0.121. The van der Waals surface area contributed by atoms with Gasteiger partial charge in [0.25, 0.3) is 5.91 Å². The average molecular weight is 478 g/mol. The summed E-state index contributed by atoms with van der Waals surface area (Å²) in [5.41, 5.74) is 1.79. The Bertz CT molecular complexity index is 978. The van der Waals surface area contributed by atoms with Crippen LogP contribution in [0.3, 0.4) is 0 Å². The third kappa shape index (κ3) is 6.32. The van der Waals surface area contributed by atoms with Gasteiger partial charge in [-0.15, -0.1) is 11.3 Å². The molecule has 0 saturated carbocycles. The van der Waals surface area contributed by atoms with Crippen molar-refractivity contribution in [3.63, 3.8) is 0 Å². The molecule has 170 valence electrons. The number of anilines is 2. The minimum absolute atomic E-state index is 0.00253. The van der Waals surface area contributed by atoms with Gasteiger partial charge in [0.2, 0.25) is 6.41 Å². The van der Waals surface area contributed by atoms with Crippen LogP contribution in [0.25, 0.3) is 0 Å². The van der Waals surface area contributed by atoms with E-state index in [0.29, 0.717) is 41.2 Å². The first-order valence-corrected chi connectivity index (χ1v) is 11.1. The number of nitrogens with zero attached hydrogens (tertiary/aromatic N) is 2. The smallest absolute Gasteiger partial charge is 0.270 e. The second kappa shape index (κ2) is 11.1. The molecule has 32 heavy (non-hydrogen) atoms. The van der Waals surface area contributed by atoms with Crippen LogP contribution in [0.2, 0.25) is 4.34 Å². The first kappa shape index (κ1) is 23.8. The van der Waals surface area contributed by atoms with Crippen LogP contribution < -0.4 is 10.2 Å². The van der Waals surface area contributed by atoms with Crippen LogP contribution in [-0.2, 0) is 19.1 Å². The van der Waals surface area contributed by atoms with E-state index < -0.39 is 12.0 Å². The highest BCUT2D eigenvalue weighted by atomic mass is 35.5. The van der Waals surface area contributed by atoms with Crippen LogP contribution >= 0.6 is 22.9 Å². The lowest BCUT2D eigenvalue weighted by atomic mass is 10.2. The molecule has 10 heteroatoms. The number of carbonyl (C=O) groups excluding carboxylic acids is 3. The highest BCUT2D eigenvalue weighted by molar-refractivity contribution is 7.18. The van der Waals surface area contributed by atoms with Crippen molar-refractivity contribution in [2.45, 2.75) is 13.0 Å². The summed E-state index contributed by atoms with van der Waals surface area (Å²) in [6, 6.07) is 10.9. The van der Waals surface area contributed by atoms with Gasteiger partial charge in [-0.1, -0.05) is 11.6 Å². The second-order valence-electron chi connectivity index (χ2n) is 7.14. The first-order valence-electron chi connectivity index (χ1n) is 9.93. The minimum atomic E-state index is -0.410. The van der Waals surface area contributed by atoms with E-state index >= 15 is 0 Å². The molecule has 1 aliphatic heterocycles. The summed E-state index contributed by atoms with van der Waals surface area (Å²) >= 11 is 7.01. The van der Waals surface area contributed by atoms with Gasteiger partial charge in [-0.2, -0.15) is 0 Å². The van der Waals surface area contributed by atoms with Gasteiger partial charge < -0.3 is 19.7 Å². The molecule has 0 spiro atoms. The van der Waals surface area contributed by atoms with Gasteiger partial charge >= 0.3 is 0 Å². The van der Waals surface area contributed by atoms with Gasteiger partial charge in [-0.3, -0.25) is 19.3 Å². The van der Waals surface area contributed by atoms with Crippen molar-refractivity contribution in [2.75, 3.05) is 43.1 Å². The maximum atomic E-state index is 12.5. The molecule has 0 aliphatic carbocycles. The Morgan fingerprint density at radius 2 is 2.09 bits per heavy atom. The van der Waals surface area contributed by atoms with Crippen molar-refractivity contribution in [1.82, 2.24) is 4.90 Å². The number of nitrogens with one attached hydrogen (secondary N) is 1. The number of hydrogen-bond acceptors (Lipinski definition) is 8. The second-order valence-corrected chi connectivity index (χ2v) is 8.85. The van der Waals surface area contributed by atoms with Crippen molar-refractivity contribution in [2.24, 2.45) is 0 Å². The topological polar surface area (TPSA) is 88.2 Å². The average Bonchev–Trinajstić information content (AvgIpc) is 3.37. The number of benzene rings is 1. The van der Waals surface area contributed by atoms with E-state index in [9.17, 15) is 14.4 Å². The number of ketones is 1. The van der Waals surface area contributed by atoms with Crippen LogP contribution in [0, 0.1) is 0 Å². The Labute approximate surface area is 195 Å². The number of hydrogen-bond donors (Lipinski definition) is 1. The molecular weight excluding hydrogens is 454 g/mol. The standard InChI is InChI=1S/C22H24ClN3O5S/c1-15(28)13-30-10-9-24-17-3-5-18(6-4-17)26-12-19(31-16(26)2)11-25(14-27)22(29)20-7-8-21(23)32-20/h3-8,14,19,24H,2,9-13H2,1H3/t19-/m0/s1. The van der Waals surface area contributed by atoms with Gasteiger partial charge in [0.05, 0.1) is 28.9 Å². The van der Waals surface area contributed by atoms with Gasteiger partial charge in [0, 0.05) is 17.9 Å². The Morgan fingerprint density at radius 3 is 2.72 bits per heavy atom. The van der Waals surface area contributed by atoms with Gasteiger partial charge in [-0.25, -0.2) is 0 Å². The fourth-order valence-electron chi connectivity index (χ4n) is 3.15. The number of imide groups is 1.